The average molecular weight is 313 g/mol. The van der Waals surface area contributed by atoms with E-state index < -0.39 is 0 Å². The highest BCUT2D eigenvalue weighted by Crippen LogP contribution is 2.27. The highest BCUT2D eigenvalue weighted by atomic mass is 16.7. The second-order valence-electron chi connectivity index (χ2n) is 5.52. The number of benzene rings is 2. The van der Waals surface area contributed by atoms with Crippen LogP contribution in [0.4, 0.5) is 11.4 Å². The Hall–Kier alpha value is -1.92. The summed E-state index contributed by atoms with van der Waals surface area (Å²) in [6, 6.07) is 16.2. The van der Waals surface area contributed by atoms with Gasteiger partial charge in [-0.3, -0.25) is 0 Å². The first-order valence-electron chi connectivity index (χ1n) is 7.82. The normalized spacial score (nSPS) is 19.3. The van der Waals surface area contributed by atoms with Crippen LogP contribution in [-0.4, -0.2) is 26.4 Å². The molecule has 2 heterocycles. The molecule has 0 amide bonds. The number of hydrogen-bond acceptors (Lipinski definition) is 5. The first-order valence-corrected chi connectivity index (χ1v) is 7.82. The summed E-state index contributed by atoms with van der Waals surface area (Å²) in [7, 11) is 0. The molecule has 0 atom stereocenters. The molecule has 5 heteroatoms. The van der Waals surface area contributed by atoms with Crippen LogP contribution < -0.4 is 5.32 Å². The maximum Gasteiger partial charge on any atom is 0.184 e. The van der Waals surface area contributed by atoms with Gasteiger partial charge in [-0.25, -0.2) is 0 Å². The molecule has 2 aliphatic rings. The number of nitrogens with one attached hydrogen (secondary N) is 1. The van der Waals surface area contributed by atoms with Crippen molar-refractivity contribution in [1.29, 1.82) is 0 Å². The molecular weight excluding hydrogens is 294 g/mol. The molecule has 23 heavy (non-hydrogen) atoms. The van der Waals surface area contributed by atoms with E-state index in [0.717, 1.165) is 22.5 Å². The number of rotatable bonds is 4. The molecular formula is C18H19NO4. The average Bonchev–Trinajstić information content (AvgIpc) is 3.30. The molecule has 2 saturated heterocycles. The van der Waals surface area contributed by atoms with Crippen LogP contribution in [0.5, 0.6) is 0 Å². The van der Waals surface area contributed by atoms with Crippen LogP contribution in [0.3, 0.4) is 0 Å². The summed E-state index contributed by atoms with van der Waals surface area (Å²) < 4.78 is 22.0. The maximum atomic E-state index is 5.49. The predicted octanol–water partition coefficient (Wildman–Crippen LogP) is 3.52. The Balaban J connectivity index is 1.41. The quantitative estimate of drug-likeness (QED) is 0.936. The summed E-state index contributed by atoms with van der Waals surface area (Å²) in [5, 5.41) is 3.38. The van der Waals surface area contributed by atoms with E-state index in [0.29, 0.717) is 26.4 Å². The minimum atomic E-state index is -0.227. The summed E-state index contributed by atoms with van der Waals surface area (Å²) >= 11 is 0. The summed E-state index contributed by atoms with van der Waals surface area (Å²) in [5.74, 6) is 0. The highest BCUT2D eigenvalue weighted by molar-refractivity contribution is 5.60. The van der Waals surface area contributed by atoms with Crippen LogP contribution in [0.2, 0.25) is 0 Å². The van der Waals surface area contributed by atoms with Gasteiger partial charge in [-0.1, -0.05) is 24.3 Å². The Bertz CT molecular complexity index is 572. The molecule has 0 radical (unpaired) electrons. The van der Waals surface area contributed by atoms with Gasteiger partial charge < -0.3 is 24.3 Å². The van der Waals surface area contributed by atoms with Crippen molar-refractivity contribution >= 4 is 11.4 Å². The lowest BCUT2D eigenvalue weighted by Crippen LogP contribution is -1.99. The number of anilines is 2. The molecule has 0 aliphatic carbocycles. The van der Waals surface area contributed by atoms with E-state index in [1.807, 2.05) is 48.5 Å². The van der Waals surface area contributed by atoms with Crippen molar-refractivity contribution in [3.05, 3.63) is 59.7 Å². The van der Waals surface area contributed by atoms with Crippen LogP contribution in [-0.2, 0) is 18.9 Å². The summed E-state index contributed by atoms with van der Waals surface area (Å²) in [5.41, 5.74) is 4.12. The molecule has 5 nitrogen and oxygen atoms in total. The molecule has 1 N–H and O–H groups in total. The zero-order chi connectivity index (χ0) is 15.5. The van der Waals surface area contributed by atoms with Crippen molar-refractivity contribution in [1.82, 2.24) is 0 Å². The molecule has 0 bridgehead atoms. The lowest BCUT2D eigenvalue weighted by molar-refractivity contribution is -0.0442. The molecule has 0 aromatic heterocycles. The van der Waals surface area contributed by atoms with E-state index in [2.05, 4.69) is 5.32 Å². The zero-order valence-corrected chi connectivity index (χ0v) is 12.7. The van der Waals surface area contributed by atoms with E-state index >= 15 is 0 Å². The summed E-state index contributed by atoms with van der Waals surface area (Å²) in [4.78, 5) is 0. The second kappa shape index (κ2) is 6.68. The minimum absolute atomic E-state index is 0.227. The van der Waals surface area contributed by atoms with E-state index in [4.69, 9.17) is 18.9 Å². The first-order chi connectivity index (χ1) is 11.4. The SMILES string of the molecule is c1cc(C2OCCO2)ccc1Nc1ccc(C2OCCO2)cc1. The molecule has 120 valence electrons. The lowest BCUT2D eigenvalue weighted by Gasteiger charge is -2.12. The van der Waals surface area contributed by atoms with Crippen molar-refractivity contribution in [2.45, 2.75) is 12.6 Å². The van der Waals surface area contributed by atoms with Gasteiger partial charge in [-0.15, -0.1) is 0 Å². The number of ether oxygens (including phenoxy) is 4. The van der Waals surface area contributed by atoms with Gasteiger partial charge in [-0.2, -0.15) is 0 Å². The maximum absolute atomic E-state index is 5.49. The van der Waals surface area contributed by atoms with Crippen molar-refractivity contribution in [3.8, 4) is 0 Å². The Labute approximate surface area is 135 Å². The minimum Gasteiger partial charge on any atom is -0.356 e. The van der Waals surface area contributed by atoms with Crippen LogP contribution >= 0.6 is 0 Å². The van der Waals surface area contributed by atoms with Gasteiger partial charge in [0.15, 0.2) is 12.6 Å². The first kappa shape index (κ1) is 14.7. The van der Waals surface area contributed by atoms with Gasteiger partial charge >= 0.3 is 0 Å². The monoisotopic (exact) mass is 313 g/mol. The van der Waals surface area contributed by atoms with E-state index in [1.54, 1.807) is 0 Å². The largest absolute Gasteiger partial charge is 0.356 e. The van der Waals surface area contributed by atoms with Crippen molar-refractivity contribution in [3.63, 3.8) is 0 Å². The van der Waals surface area contributed by atoms with Crippen molar-refractivity contribution in [2.24, 2.45) is 0 Å². The third-order valence-electron chi connectivity index (χ3n) is 3.90. The fourth-order valence-electron chi connectivity index (χ4n) is 2.72. The fraction of sp³-hybridized carbons (Fsp3) is 0.333. The predicted molar refractivity (Wildman–Crippen MR) is 85.5 cm³/mol. The van der Waals surface area contributed by atoms with Gasteiger partial charge in [0.05, 0.1) is 26.4 Å². The van der Waals surface area contributed by atoms with Crippen molar-refractivity contribution < 1.29 is 18.9 Å². The molecule has 4 rings (SSSR count). The molecule has 2 aliphatic heterocycles. The van der Waals surface area contributed by atoms with E-state index in [1.165, 1.54) is 0 Å². The Morgan fingerprint density at radius 2 is 0.913 bits per heavy atom. The molecule has 0 unspecified atom stereocenters. The topological polar surface area (TPSA) is 49.0 Å². The van der Waals surface area contributed by atoms with Gasteiger partial charge in [-0.05, 0) is 24.3 Å². The van der Waals surface area contributed by atoms with Crippen LogP contribution in [0.25, 0.3) is 0 Å². The zero-order valence-electron chi connectivity index (χ0n) is 12.7. The Morgan fingerprint density at radius 1 is 0.565 bits per heavy atom. The Kier molecular flexibility index (Phi) is 4.26. The van der Waals surface area contributed by atoms with Crippen molar-refractivity contribution in [2.75, 3.05) is 31.7 Å². The van der Waals surface area contributed by atoms with Crippen LogP contribution in [0, 0.1) is 0 Å². The van der Waals surface area contributed by atoms with Gasteiger partial charge in [0, 0.05) is 22.5 Å². The fourth-order valence-corrected chi connectivity index (χ4v) is 2.72. The summed E-state index contributed by atoms with van der Waals surface area (Å²) in [6.07, 6.45) is -0.454. The third kappa shape index (κ3) is 3.38. The van der Waals surface area contributed by atoms with Gasteiger partial charge in [0.1, 0.15) is 0 Å². The highest BCUT2D eigenvalue weighted by Gasteiger charge is 2.18. The number of hydrogen-bond donors (Lipinski definition) is 1. The van der Waals surface area contributed by atoms with E-state index in [-0.39, 0.29) is 12.6 Å². The lowest BCUT2D eigenvalue weighted by atomic mass is 10.1. The van der Waals surface area contributed by atoms with Gasteiger partial charge in [0.2, 0.25) is 0 Å². The smallest absolute Gasteiger partial charge is 0.184 e. The molecule has 2 aromatic rings. The van der Waals surface area contributed by atoms with Crippen LogP contribution in [0.15, 0.2) is 48.5 Å². The molecule has 0 spiro atoms. The standard InChI is InChI=1S/C18H19NO4/c1-5-15(6-2-13(1)17-20-9-10-21-17)19-16-7-3-14(4-8-16)18-22-11-12-23-18/h1-8,17-19H,9-12H2. The summed E-state index contributed by atoms with van der Waals surface area (Å²) in [6.45, 7) is 2.63. The van der Waals surface area contributed by atoms with Crippen LogP contribution in [0.1, 0.15) is 23.7 Å². The van der Waals surface area contributed by atoms with E-state index in [9.17, 15) is 0 Å². The molecule has 2 aromatic carbocycles. The van der Waals surface area contributed by atoms with Gasteiger partial charge in [0.25, 0.3) is 0 Å². The molecule has 0 saturated carbocycles. The molecule has 2 fully saturated rings. The third-order valence-corrected chi connectivity index (χ3v) is 3.90. The Morgan fingerprint density at radius 3 is 1.26 bits per heavy atom. The second-order valence-corrected chi connectivity index (χ2v) is 5.52.